The maximum atomic E-state index is 12.6. The summed E-state index contributed by atoms with van der Waals surface area (Å²) >= 11 is 1.53. The van der Waals surface area contributed by atoms with Crippen LogP contribution in [0, 0.1) is 39.0 Å². The highest BCUT2D eigenvalue weighted by Crippen LogP contribution is 2.33. The third kappa shape index (κ3) is 4.09. The summed E-state index contributed by atoms with van der Waals surface area (Å²) in [4.78, 5) is 25.3. The molecule has 0 fully saturated rings. The van der Waals surface area contributed by atoms with Crippen molar-refractivity contribution < 1.29 is 14.3 Å². The molecule has 0 bridgehead atoms. The largest absolute Gasteiger partial charge is 0.452 e. The molecule has 132 valence electrons. The van der Waals surface area contributed by atoms with Crippen LogP contribution in [0.15, 0.2) is 12.1 Å². The highest BCUT2D eigenvalue weighted by Gasteiger charge is 2.24. The molecule has 0 atom stereocenters. The lowest BCUT2D eigenvalue weighted by Crippen LogP contribution is -2.29. The molecule has 0 aromatic carbocycles. The van der Waals surface area contributed by atoms with Gasteiger partial charge in [-0.3, -0.25) is 4.79 Å². The number of carbonyl (C=O) groups is 2. The summed E-state index contributed by atoms with van der Waals surface area (Å²) in [5.74, 6) is -0.928. The smallest absolute Gasteiger partial charge is 0.341 e. The van der Waals surface area contributed by atoms with Crippen molar-refractivity contribution in [1.29, 1.82) is 5.26 Å². The summed E-state index contributed by atoms with van der Waals surface area (Å²) < 4.78 is 7.21. The zero-order valence-corrected chi connectivity index (χ0v) is 15.6. The van der Waals surface area contributed by atoms with Crippen molar-refractivity contribution in [2.75, 3.05) is 13.2 Å². The van der Waals surface area contributed by atoms with Gasteiger partial charge in [-0.25, -0.2) is 4.79 Å². The fraction of sp³-hybridized carbons (Fsp3) is 0.389. The quantitative estimate of drug-likeness (QED) is 0.635. The van der Waals surface area contributed by atoms with Crippen molar-refractivity contribution in [2.24, 2.45) is 0 Å². The van der Waals surface area contributed by atoms with E-state index in [1.807, 2.05) is 50.5 Å². The average molecular weight is 359 g/mol. The van der Waals surface area contributed by atoms with E-state index in [2.05, 4.69) is 5.32 Å². The van der Waals surface area contributed by atoms with E-state index in [4.69, 9.17) is 10.00 Å². The summed E-state index contributed by atoms with van der Waals surface area (Å²) in [6, 6.07) is 5.93. The first-order valence-electron chi connectivity index (χ1n) is 7.93. The number of amides is 1. The van der Waals surface area contributed by atoms with E-state index in [9.17, 15) is 9.59 Å². The number of rotatable bonds is 6. The molecular formula is C18H21N3O3S. The Kier molecular flexibility index (Phi) is 5.99. The van der Waals surface area contributed by atoms with Crippen LogP contribution >= 0.6 is 11.3 Å². The molecule has 0 aliphatic carbocycles. The van der Waals surface area contributed by atoms with Crippen LogP contribution in [0.2, 0.25) is 0 Å². The van der Waals surface area contributed by atoms with Crippen LogP contribution < -0.4 is 5.32 Å². The van der Waals surface area contributed by atoms with Gasteiger partial charge in [-0.1, -0.05) is 0 Å². The van der Waals surface area contributed by atoms with Gasteiger partial charge in [-0.2, -0.15) is 5.26 Å². The Morgan fingerprint density at radius 3 is 2.48 bits per heavy atom. The van der Waals surface area contributed by atoms with Crippen LogP contribution in [-0.4, -0.2) is 29.6 Å². The molecule has 7 heteroatoms. The topological polar surface area (TPSA) is 84.1 Å². The van der Waals surface area contributed by atoms with Gasteiger partial charge in [-0.05, 0) is 45.4 Å². The molecule has 25 heavy (non-hydrogen) atoms. The molecule has 2 heterocycles. The van der Waals surface area contributed by atoms with Crippen molar-refractivity contribution in [2.45, 2.75) is 34.1 Å². The van der Waals surface area contributed by atoms with Crippen LogP contribution in [0.25, 0.3) is 5.00 Å². The minimum absolute atomic E-state index is 0.221. The molecule has 0 saturated carbocycles. The lowest BCUT2D eigenvalue weighted by Gasteiger charge is -2.11. The predicted octanol–water partition coefficient (Wildman–Crippen LogP) is 2.96. The van der Waals surface area contributed by atoms with Crippen molar-refractivity contribution >= 4 is 23.2 Å². The standard InChI is InChI=1S/C18H21N3O3S/c1-11-6-7-12(2)21(11)17-16(13(3)14(4)25-17)18(23)24-10-15(22)20-9-5-8-19/h6-7H,5,9-10H2,1-4H3,(H,20,22). The monoisotopic (exact) mass is 359 g/mol. The second-order valence-corrected chi connectivity index (χ2v) is 6.95. The third-order valence-electron chi connectivity index (χ3n) is 3.94. The number of thiophene rings is 1. The summed E-state index contributed by atoms with van der Waals surface area (Å²) in [7, 11) is 0. The SMILES string of the molecule is Cc1sc(-n2c(C)ccc2C)c(C(=O)OCC(=O)NCCC#N)c1C. The molecule has 6 nitrogen and oxygen atoms in total. The fourth-order valence-electron chi connectivity index (χ4n) is 2.51. The zero-order chi connectivity index (χ0) is 18.6. The number of nitriles is 1. The Hall–Kier alpha value is -2.59. The van der Waals surface area contributed by atoms with Gasteiger partial charge in [-0.15, -0.1) is 11.3 Å². The van der Waals surface area contributed by atoms with E-state index in [1.54, 1.807) is 0 Å². The van der Waals surface area contributed by atoms with Gasteiger partial charge in [0.15, 0.2) is 6.61 Å². The number of carbonyl (C=O) groups excluding carboxylic acids is 2. The normalized spacial score (nSPS) is 10.4. The van der Waals surface area contributed by atoms with Crippen molar-refractivity contribution in [3.8, 4) is 11.1 Å². The van der Waals surface area contributed by atoms with Crippen LogP contribution in [0.4, 0.5) is 0 Å². The zero-order valence-electron chi connectivity index (χ0n) is 14.8. The summed E-state index contributed by atoms with van der Waals surface area (Å²) in [6.45, 7) is 7.69. The van der Waals surface area contributed by atoms with Gasteiger partial charge in [0.2, 0.25) is 0 Å². The molecule has 0 aliphatic heterocycles. The second-order valence-electron chi connectivity index (χ2n) is 5.75. The maximum Gasteiger partial charge on any atom is 0.341 e. The van der Waals surface area contributed by atoms with E-state index >= 15 is 0 Å². The average Bonchev–Trinajstić information content (AvgIpc) is 3.04. The molecule has 2 rings (SSSR count). The number of aromatic nitrogens is 1. The maximum absolute atomic E-state index is 12.6. The first-order valence-corrected chi connectivity index (χ1v) is 8.74. The number of esters is 1. The van der Waals surface area contributed by atoms with Crippen LogP contribution in [0.3, 0.4) is 0 Å². The molecule has 2 aromatic rings. The van der Waals surface area contributed by atoms with E-state index in [0.29, 0.717) is 5.56 Å². The molecule has 0 saturated heterocycles. The minimum Gasteiger partial charge on any atom is -0.452 e. The number of nitrogens with one attached hydrogen (secondary N) is 1. The van der Waals surface area contributed by atoms with Gasteiger partial charge in [0.05, 0.1) is 18.1 Å². The Morgan fingerprint density at radius 2 is 1.88 bits per heavy atom. The molecule has 0 aliphatic rings. The van der Waals surface area contributed by atoms with E-state index in [-0.39, 0.29) is 19.6 Å². The Labute approximate surface area is 151 Å². The van der Waals surface area contributed by atoms with E-state index in [0.717, 1.165) is 26.8 Å². The summed E-state index contributed by atoms with van der Waals surface area (Å²) in [6.07, 6.45) is 0.221. The minimum atomic E-state index is -0.514. The number of hydrogen-bond donors (Lipinski definition) is 1. The first-order chi connectivity index (χ1) is 11.9. The number of aryl methyl sites for hydroxylation is 3. The Bertz CT molecular complexity index is 823. The molecule has 2 aromatic heterocycles. The fourth-order valence-corrected chi connectivity index (χ4v) is 3.77. The van der Waals surface area contributed by atoms with Gasteiger partial charge < -0.3 is 14.6 Å². The van der Waals surface area contributed by atoms with Gasteiger partial charge in [0.1, 0.15) is 5.00 Å². The van der Waals surface area contributed by atoms with E-state index < -0.39 is 11.9 Å². The highest BCUT2D eigenvalue weighted by atomic mass is 32.1. The van der Waals surface area contributed by atoms with Gasteiger partial charge >= 0.3 is 5.97 Å². The molecule has 1 amide bonds. The van der Waals surface area contributed by atoms with Crippen molar-refractivity contribution in [3.05, 3.63) is 39.5 Å². The molecule has 0 unspecified atom stereocenters. The van der Waals surface area contributed by atoms with E-state index in [1.165, 1.54) is 11.3 Å². The summed E-state index contributed by atoms with van der Waals surface area (Å²) in [5.41, 5.74) is 3.42. The van der Waals surface area contributed by atoms with Gasteiger partial charge in [0, 0.05) is 22.8 Å². The van der Waals surface area contributed by atoms with Crippen LogP contribution in [-0.2, 0) is 9.53 Å². The number of ether oxygens (including phenoxy) is 1. The first kappa shape index (κ1) is 18.7. The lowest BCUT2D eigenvalue weighted by atomic mass is 10.1. The molecular weight excluding hydrogens is 338 g/mol. The second kappa shape index (κ2) is 7.99. The number of nitrogens with zero attached hydrogens (tertiary/aromatic N) is 2. The Morgan fingerprint density at radius 1 is 1.24 bits per heavy atom. The van der Waals surface area contributed by atoms with Crippen LogP contribution in [0.5, 0.6) is 0 Å². The molecule has 0 radical (unpaired) electrons. The number of hydrogen-bond acceptors (Lipinski definition) is 5. The van der Waals surface area contributed by atoms with Crippen molar-refractivity contribution in [1.82, 2.24) is 9.88 Å². The highest BCUT2D eigenvalue weighted by molar-refractivity contribution is 7.15. The predicted molar refractivity (Wildman–Crippen MR) is 96.1 cm³/mol. The molecule has 1 N–H and O–H groups in total. The third-order valence-corrected chi connectivity index (χ3v) is 5.13. The van der Waals surface area contributed by atoms with Crippen LogP contribution in [0.1, 0.15) is 38.6 Å². The van der Waals surface area contributed by atoms with Gasteiger partial charge in [0.25, 0.3) is 5.91 Å². The molecule has 0 spiro atoms. The lowest BCUT2D eigenvalue weighted by molar-refractivity contribution is -0.124. The Balaban J connectivity index is 2.20. The summed E-state index contributed by atoms with van der Waals surface area (Å²) in [5, 5.41) is 11.8. The van der Waals surface area contributed by atoms with Crippen molar-refractivity contribution in [3.63, 3.8) is 0 Å².